The van der Waals surface area contributed by atoms with Crippen molar-refractivity contribution in [2.45, 2.75) is 34.3 Å². The van der Waals surface area contributed by atoms with E-state index >= 15 is 0 Å². The lowest BCUT2D eigenvalue weighted by Crippen LogP contribution is -2.45. The summed E-state index contributed by atoms with van der Waals surface area (Å²) in [6, 6.07) is 17.4. The highest BCUT2D eigenvalue weighted by Crippen LogP contribution is 2.18. The summed E-state index contributed by atoms with van der Waals surface area (Å²) in [5.74, 6) is 1.65. The fraction of sp³-hybridized carbons (Fsp3) is 0.357. The SMILES string of the molecule is CC.CCNC(=O)c1ccnc(C)c1.O=CN1CCN(c2ccc(OCc3ccccc3)cn2)CC1. The van der Waals surface area contributed by atoms with Crippen molar-refractivity contribution in [3.05, 3.63) is 83.8 Å². The second-order valence-electron chi connectivity index (χ2n) is 7.80. The molecule has 0 atom stereocenters. The molecule has 1 saturated heterocycles. The maximum Gasteiger partial charge on any atom is 0.251 e. The van der Waals surface area contributed by atoms with Gasteiger partial charge in [-0.15, -0.1) is 0 Å². The van der Waals surface area contributed by atoms with Gasteiger partial charge in [0.2, 0.25) is 6.41 Å². The monoisotopic (exact) mass is 491 g/mol. The lowest BCUT2D eigenvalue weighted by Gasteiger charge is -2.33. The number of nitrogens with zero attached hydrogens (tertiary/aromatic N) is 4. The Balaban J connectivity index is 0.000000277. The third-order valence-corrected chi connectivity index (χ3v) is 5.25. The molecule has 0 aliphatic carbocycles. The van der Waals surface area contributed by atoms with E-state index in [1.54, 1.807) is 29.4 Å². The number of nitrogens with one attached hydrogen (secondary N) is 1. The number of hydrogen-bond acceptors (Lipinski definition) is 6. The maximum absolute atomic E-state index is 11.3. The van der Waals surface area contributed by atoms with E-state index < -0.39 is 0 Å². The van der Waals surface area contributed by atoms with Crippen molar-refractivity contribution in [3.63, 3.8) is 0 Å². The van der Waals surface area contributed by atoms with Gasteiger partial charge < -0.3 is 19.9 Å². The van der Waals surface area contributed by atoms with Crippen LogP contribution in [0, 0.1) is 6.92 Å². The summed E-state index contributed by atoms with van der Waals surface area (Å²) in [4.78, 5) is 34.4. The molecule has 1 fully saturated rings. The molecule has 0 bridgehead atoms. The summed E-state index contributed by atoms with van der Waals surface area (Å²) in [6.45, 7) is 12.1. The van der Waals surface area contributed by atoms with Crippen LogP contribution in [-0.4, -0.2) is 59.9 Å². The highest BCUT2D eigenvalue weighted by molar-refractivity contribution is 5.94. The first-order valence-electron chi connectivity index (χ1n) is 12.4. The number of carbonyl (C=O) groups is 2. The van der Waals surface area contributed by atoms with Gasteiger partial charge >= 0.3 is 0 Å². The summed E-state index contributed by atoms with van der Waals surface area (Å²) in [7, 11) is 0. The van der Waals surface area contributed by atoms with E-state index in [0.717, 1.165) is 55.4 Å². The predicted molar refractivity (Wildman–Crippen MR) is 143 cm³/mol. The highest BCUT2D eigenvalue weighted by Gasteiger charge is 2.16. The third kappa shape index (κ3) is 9.37. The van der Waals surface area contributed by atoms with Crippen LogP contribution < -0.4 is 15.0 Å². The molecule has 1 N–H and O–H groups in total. The summed E-state index contributed by atoms with van der Waals surface area (Å²) in [6.07, 6.45) is 4.30. The van der Waals surface area contributed by atoms with Crippen LogP contribution in [0.1, 0.15) is 42.4 Å². The summed E-state index contributed by atoms with van der Waals surface area (Å²) in [5, 5.41) is 2.72. The molecule has 2 amide bonds. The number of amides is 2. The first-order chi connectivity index (χ1) is 17.6. The Kier molecular flexibility index (Phi) is 12.5. The first kappa shape index (κ1) is 28.3. The van der Waals surface area contributed by atoms with E-state index in [4.69, 9.17) is 4.74 Å². The Bertz CT molecular complexity index is 1040. The van der Waals surface area contributed by atoms with Crippen LogP contribution >= 0.6 is 0 Å². The fourth-order valence-electron chi connectivity index (χ4n) is 3.39. The lowest BCUT2D eigenvalue weighted by molar-refractivity contribution is -0.118. The van der Waals surface area contributed by atoms with Crippen molar-refractivity contribution in [2.75, 3.05) is 37.6 Å². The van der Waals surface area contributed by atoms with E-state index in [9.17, 15) is 9.59 Å². The highest BCUT2D eigenvalue weighted by atomic mass is 16.5. The van der Waals surface area contributed by atoms with Gasteiger partial charge in [0.1, 0.15) is 18.2 Å². The van der Waals surface area contributed by atoms with Crippen LogP contribution in [0.4, 0.5) is 5.82 Å². The quantitative estimate of drug-likeness (QED) is 0.501. The van der Waals surface area contributed by atoms with Gasteiger partial charge in [-0.05, 0) is 43.7 Å². The fourth-order valence-corrected chi connectivity index (χ4v) is 3.39. The van der Waals surface area contributed by atoms with E-state index in [2.05, 4.69) is 20.2 Å². The molecule has 192 valence electrons. The molecule has 36 heavy (non-hydrogen) atoms. The number of carbonyl (C=O) groups excluding carboxylic acids is 2. The number of benzene rings is 1. The number of hydrogen-bond donors (Lipinski definition) is 1. The van der Waals surface area contributed by atoms with E-state index in [1.807, 2.05) is 70.2 Å². The Labute approximate surface area is 214 Å². The van der Waals surface area contributed by atoms with E-state index in [0.29, 0.717) is 18.7 Å². The molecular weight excluding hydrogens is 454 g/mol. The molecule has 0 unspecified atom stereocenters. The van der Waals surface area contributed by atoms with Crippen LogP contribution in [-0.2, 0) is 11.4 Å². The molecule has 1 aliphatic heterocycles. The normalized spacial score (nSPS) is 12.3. The van der Waals surface area contributed by atoms with Gasteiger partial charge in [-0.1, -0.05) is 44.2 Å². The summed E-state index contributed by atoms with van der Waals surface area (Å²) in [5.41, 5.74) is 2.67. The number of piperazine rings is 1. The molecule has 0 radical (unpaired) electrons. The minimum atomic E-state index is -0.0389. The van der Waals surface area contributed by atoms with Gasteiger partial charge in [-0.25, -0.2) is 4.98 Å². The lowest BCUT2D eigenvalue weighted by atomic mass is 10.2. The average molecular weight is 492 g/mol. The number of aryl methyl sites for hydroxylation is 1. The molecule has 3 heterocycles. The van der Waals surface area contributed by atoms with Crippen LogP contribution in [0.3, 0.4) is 0 Å². The molecule has 0 spiro atoms. The number of anilines is 1. The molecule has 0 saturated carbocycles. The van der Waals surface area contributed by atoms with Crippen LogP contribution in [0.25, 0.3) is 0 Å². The van der Waals surface area contributed by atoms with Crippen LogP contribution in [0.15, 0.2) is 67.0 Å². The standard InChI is InChI=1S/C17H19N3O2.C9H12N2O.C2H6/c21-14-19-8-10-20(11-9-19)17-7-6-16(12-18-17)22-13-15-4-2-1-3-5-15;1-3-10-9(12)8-4-5-11-7(2)6-8;1-2/h1-7,12,14H,8-11,13H2;4-6H,3H2,1-2H3,(H,10,12);1-2H3. The Morgan fingerprint density at radius 1 is 1.03 bits per heavy atom. The van der Waals surface area contributed by atoms with Gasteiger partial charge in [0, 0.05) is 50.2 Å². The number of aromatic nitrogens is 2. The van der Waals surface area contributed by atoms with Crippen LogP contribution in [0.2, 0.25) is 0 Å². The van der Waals surface area contributed by atoms with Crippen molar-refractivity contribution in [1.82, 2.24) is 20.2 Å². The maximum atomic E-state index is 11.3. The van der Waals surface area contributed by atoms with Gasteiger partial charge in [0.25, 0.3) is 5.91 Å². The topological polar surface area (TPSA) is 87.7 Å². The minimum Gasteiger partial charge on any atom is -0.487 e. The zero-order valence-corrected chi connectivity index (χ0v) is 21.7. The third-order valence-electron chi connectivity index (χ3n) is 5.25. The van der Waals surface area contributed by atoms with Gasteiger partial charge in [-0.3, -0.25) is 14.6 Å². The zero-order chi connectivity index (χ0) is 26.2. The van der Waals surface area contributed by atoms with Gasteiger partial charge in [0.05, 0.1) is 6.20 Å². The average Bonchev–Trinajstić information content (AvgIpc) is 2.94. The molecular formula is C28H37N5O3. The van der Waals surface area contributed by atoms with Gasteiger partial charge in [-0.2, -0.15) is 0 Å². The van der Waals surface area contributed by atoms with Crippen molar-refractivity contribution in [1.29, 1.82) is 0 Å². The van der Waals surface area contributed by atoms with E-state index in [-0.39, 0.29) is 5.91 Å². The Morgan fingerprint density at radius 3 is 2.33 bits per heavy atom. The number of ether oxygens (including phenoxy) is 1. The Morgan fingerprint density at radius 2 is 1.75 bits per heavy atom. The number of rotatable bonds is 7. The van der Waals surface area contributed by atoms with Crippen molar-refractivity contribution in [3.8, 4) is 5.75 Å². The zero-order valence-electron chi connectivity index (χ0n) is 21.7. The summed E-state index contributed by atoms with van der Waals surface area (Å²) < 4.78 is 5.73. The van der Waals surface area contributed by atoms with Crippen molar-refractivity contribution >= 4 is 18.1 Å². The molecule has 1 aliphatic rings. The first-order valence-corrected chi connectivity index (χ1v) is 12.4. The largest absolute Gasteiger partial charge is 0.487 e. The molecule has 8 heteroatoms. The molecule has 4 rings (SSSR count). The molecule has 3 aromatic rings. The Hall–Kier alpha value is -3.94. The second kappa shape index (κ2) is 15.9. The second-order valence-corrected chi connectivity index (χ2v) is 7.80. The minimum absolute atomic E-state index is 0.0389. The van der Waals surface area contributed by atoms with Crippen molar-refractivity contribution in [2.24, 2.45) is 0 Å². The number of pyridine rings is 2. The molecule has 8 nitrogen and oxygen atoms in total. The van der Waals surface area contributed by atoms with Crippen LogP contribution in [0.5, 0.6) is 5.75 Å². The molecule has 2 aromatic heterocycles. The smallest absolute Gasteiger partial charge is 0.251 e. The van der Waals surface area contributed by atoms with Crippen molar-refractivity contribution < 1.29 is 14.3 Å². The van der Waals surface area contributed by atoms with Gasteiger partial charge in [0.15, 0.2) is 0 Å². The summed E-state index contributed by atoms with van der Waals surface area (Å²) >= 11 is 0. The van der Waals surface area contributed by atoms with E-state index in [1.165, 1.54) is 0 Å². The predicted octanol–water partition coefficient (Wildman–Crippen LogP) is 4.10. The molecule has 1 aromatic carbocycles.